The summed E-state index contributed by atoms with van der Waals surface area (Å²) < 4.78 is 0. The molecule has 0 bridgehead atoms. The van der Waals surface area contributed by atoms with Crippen LogP contribution in [0.2, 0.25) is 0 Å². The maximum Gasteiger partial charge on any atom is 0.0726 e. The van der Waals surface area contributed by atoms with Crippen molar-refractivity contribution >= 4 is 0 Å². The zero-order valence-electron chi connectivity index (χ0n) is 11.8. The van der Waals surface area contributed by atoms with Gasteiger partial charge in [-0.3, -0.25) is 0 Å². The molecule has 1 nitrogen and oxygen atoms in total. The van der Waals surface area contributed by atoms with Crippen LogP contribution in [0.15, 0.2) is 0 Å². The van der Waals surface area contributed by atoms with Crippen molar-refractivity contribution in [2.45, 2.75) is 61.0 Å². The van der Waals surface area contributed by atoms with Gasteiger partial charge in [-0.1, -0.05) is 55.4 Å². The van der Waals surface area contributed by atoms with E-state index in [-0.39, 0.29) is 0 Å². The van der Waals surface area contributed by atoms with E-state index in [1.807, 2.05) is 0 Å². The first-order valence-electron chi connectivity index (χ1n) is 6.38. The lowest BCUT2D eigenvalue weighted by Crippen LogP contribution is -2.51. The molecule has 0 spiro atoms. The van der Waals surface area contributed by atoms with E-state index in [0.29, 0.717) is 29.6 Å². The largest absolute Gasteiger partial charge is 0.389 e. The summed E-state index contributed by atoms with van der Waals surface area (Å²) >= 11 is 0. The van der Waals surface area contributed by atoms with Gasteiger partial charge in [0.15, 0.2) is 0 Å². The number of hydrogen-bond acceptors (Lipinski definition) is 1. The second-order valence-electron chi connectivity index (χ2n) is 6.21. The number of hydrogen-bond donors (Lipinski definition) is 1. The Morgan fingerprint density at radius 1 is 0.667 bits per heavy atom. The molecule has 0 rings (SSSR count). The minimum absolute atomic E-state index is 0.312. The summed E-state index contributed by atoms with van der Waals surface area (Å²) in [5.41, 5.74) is -0.539. The van der Waals surface area contributed by atoms with Crippen LogP contribution in [0.4, 0.5) is 0 Å². The van der Waals surface area contributed by atoms with Crippen molar-refractivity contribution in [3.05, 3.63) is 0 Å². The normalized spacial score (nSPS) is 14.0. The lowest BCUT2D eigenvalue weighted by molar-refractivity contribution is -0.124. The van der Waals surface area contributed by atoms with Crippen LogP contribution in [-0.2, 0) is 0 Å². The van der Waals surface area contributed by atoms with Crippen molar-refractivity contribution in [3.63, 3.8) is 0 Å². The van der Waals surface area contributed by atoms with Gasteiger partial charge in [-0.2, -0.15) is 0 Å². The number of aliphatic hydroxyl groups is 1. The predicted molar refractivity (Wildman–Crippen MR) is 67.8 cm³/mol. The van der Waals surface area contributed by atoms with Crippen LogP contribution >= 0.6 is 0 Å². The van der Waals surface area contributed by atoms with Gasteiger partial charge in [0.1, 0.15) is 0 Å². The van der Waals surface area contributed by atoms with Crippen molar-refractivity contribution in [3.8, 4) is 0 Å². The zero-order valence-corrected chi connectivity index (χ0v) is 11.8. The molecular weight excluding hydrogens is 184 g/mol. The van der Waals surface area contributed by atoms with Gasteiger partial charge in [0.2, 0.25) is 0 Å². The van der Waals surface area contributed by atoms with E-state index >= 15 is 0 Å². The van der Waals surface area contributed by atoms with E-state index in [1.165, 1.54) is 0 Å². The van der Waals surface area contributed by atoms with Crippen LogP contribution in [0.1, 0.15) is 55.4 Å². The highest BCUT2D eigenvalue weighted by atomic mass is 16.3. The Morgan fingerprint density at radius 2 is 0.933 bits per heavy atom. The molecule has 0 atom stereocenters. The van der Waals surface area contributed by atoms with E-state index < -0.39 is 5.60 Å². The van der Waals surface area contributed by atoms with Crippen LogP contribution in [0.25, 0.3) is 0 Å². The van der Waals surface area contributed by atoms with Gasteiger partial charge in [-0.05, 0) is 29.6 Å². The van der Waals surface area contributed by atoms with Crippen molar-refractivity contribution in [1.29, 1.82) is 0 Å². The SMILES string of the molecule is CC(C)C(C(C)C)C(O)(C(C)C)C(C)C. The summed E-state index contributed by atoms with van der Waals surface area (Å²) in [6.45, 7) is 17.4. The molecule has 1 heteroatoms. The quantitative estimate of drug-likeness (QED) is 0.734. The molecule has 0 saturated carbocycles. The van der Waals surface area contributed by atoms with Crippen LogP contribution < -0.4 is 0 Å². The van der Waals surface area contributed by atoms with Crippen molar-refractivity contribution in [2.75, 3.05) is 0 Å². The summed E-state index contributed by atoms with van der Waals surface area (Å²) in [5, 5.41) is 11.0. The molecule has 0 unspecified atom stereocenters. The molecule has 1 N–H and O–H groups in total. The van der Waals surface area contributed by atoms with Crippen LogP contribution in [0.5, 0.6) is 0 Å². The highest BCUT2D eigenvalue weighted by molar-refractivity contribution is 4.94. The maximum atomic E-state index is 11.0. The molecule has 0 amide bonds. The van der Waals surface area contributed by atoms with Crippen molar-refractivity contribution in [2.24, 2.45) is 29.6 Å². The maximum absolute atomic E-state index is 11.0. The average Bonchev–Trinajstić information content (AvgIpc) is 2.01. The minimum Gasteiger partial charge on any atom is -0.389 e. The van der Waals surface area contributed by atoms with Gasteiger partial charge in [0.25, 0.3) is 0 Å². The summed E-state index contributed by atoms with van der Waals surface area (Å²) in [4.78, 5) is 0. The molecule has 15 heavy (non-hydrogen) atoms. The summed E-state index contributed by atoms with van der Waals surface area (Å²) in [6, 6.07) is 0. The molecule has 0 aromatic rings. The third-order valence-electron chi connectivity index (χ3n) is 3.82. The summed E-state index contributed by atoms with van der Waals surface area (Å²) in [7, 11) is 0. The molecular formula is C14H30O. The Kier molecular flexibility index (Phi) is 5.32. The summed E-state index contributed by atoms with van der Waals surface area (Å²) in [5.74, 6) is 2.05. The molecule has 0 radical (unpaired) electrons. The lowest BCUT2D eigenvalue weighted by atomic mass is 9.63. The zero-order chi connectivity index (χ0) is 12.4. The monoisotopic (exact) mass is 214 g/mol. The second kappa shape index (κ2) is 5.34. The Hall–Kier alpha value is -0.0400. The first kappa shape index (κ1) is 15.0. The van der Waals surface area contributed by atoms with Crippen molar-refractivity contribution in [1.82, 2.24) is 0 Å². The summed E-state index contributed by atoms with van der Waals surface area (Å²) in [6.07, 6.45) is 0. The van der Waals surface area contributed by atoms with E-state index in [2.05, 4.69) is 55.4 Å². The van der Waals surface area contributed by atoms with Crippen molar-refractivity contribution < 1.29 is 5.11 Å². The molecule has 0 aromatic carbocycles. The van der Waals surface area contributed by atoms with E-state index in [4.69, 9.17) is 0 Å². The van der Waals surface area contributed by atoms with Gasteiger partial charge >= 0.3 is 0 Å². The molecule has 92 valence electrons. The smallest absolute Gasteiger partial charge is 0.0726 e. The molecule has 0 aliphatic carbocycles. The second-order valence-corrected chi connectivity index (χ2v) is 6.21. The fourth-order valence-electron chi connectivity index (χ4n) is 3.27. The van der Waals surface area contributed by atoms with Gasteiger partial charge in [0.05, 0.1) is 5.60 Å². The lowest BCUT2D eigenvalue weighted by Gasteiger charge is -2.47. The first-order valence-corrected chi connectivity index (χ1v) is 6.38. The molecule has 0 heterocycles. The fourth-order valence-corrected chi connectivity index (χ4v) is 3.27. The molecule has 0 saturated heterocycles. The van der Waals surface area contributed by atoms with E-state index in [0.717, 1.165) is 0 Å². The first-order chi connectivity index (χ1) is 6.65. The van der Waals surface area contributed by atoms with E-state index in [1.54, 1.807) is 0 Å². The molecule has 0 fully saturated rings. The Morgan fingerprint density at radius 3 is 1.00 bits per heavy atom. The minimum atomic E-state index is -0.539. The van der Waals surface area contributed by atoms with Gasteiger partial charge in [0, 0.05) is 0 Å². The van der Waals surface area contributed by atoms with Crippen LogP contribution in [-0.4, -0.2) is 10.7 Å². The van der Waals surface area contributed by atoms with Crippen LogP contribution in [0, 0.1) is 29.6 Å². The highest BCUT2D eigenvalue weighted by Gasteiger charge is 2.44. The molecule has 0 aliphatic heterocycles. The van der Waals surface area contributed by atoms with E-state index in [9.17, 15) is 5.11 Å². The predicted octanol–water partition coefficient (Wildman–Crippen LogP) is 3.96. The molecule has 0 aromatic heterocycles. The Balaban J connectivity index is 5.19. The topological polar surface area (TPSA) is 20.2 Å². The third-order valence-corrected chi connectivity index (χ3v) is 3.82. The van der Waals surface area contributed by atoms with Gasteiger partial charge < -0.3 is 5.11 Å². The fraction of sp³-hybridized carbons (Fsp3) is 1.00. The third kappa shape index (κ3) is 2.96. The Bertz CT molecular complexity index is 164. The highest BCUT2D eigenvalue weighted by Crippen LogP contribution is 2.41. The van der Waals surface area contributed by atoms with Crippen LogP contribution in [0.3, 0.4) is 0 Å². The average molecular weight is 214 g/mol. The Labute approximate surface area is 96.3 Å². The standard InChI is InChI=1S/C14H30O/c1-9(2)13(10(3)4)14(15,11(5)6)12(7)8/h9-13,15H,1-8H3. The number of rotatable bonds is 5. The van der Waals surface area contributed by atoms with Gasteiger partial charge in [-0.15, -0.1) is 0 Å². The molecule has 0 aliphatic rings. The van der Waals surface area contributed by atoms with Gasteiger partial charge in [-0.25, -0.2) is 0 Å².